The van der Waals surface area contributed by atoms with Crippen LogP contribution in [0.4, 0.5) is 4.39 Å². The lowest BCUT2D eigenvalue weighted by Gasteiger charge is -2.23. The van der Waals surface area contributed by atoms with Crippen LogP contribution in [0.3, 0.4) is 0 Å². The van der Waals surface area contributed by atoms with Gasteiger partial charge >= 0.3 is 0 Å². The third-order valence-corrected chi connectivity index (χ3v) is 2.67. The highest BCUT2D eigenvalue weighted by Gasteiger charge is 2.14. The lowest BCUT2D eigenvalue weighted by Crippen LogP contribution is -2.31. The van der Waals surface area contributed by atoms with Gasteiger partial charge in [0.25, 0.3) is 5.91 Å². The molecular formula is C13H16FNO3. The minimum absolute atomic E-state index is 0.217. The number of rotatable bonds is 4. The Labute approximate surface area is 105 Å². The average Bonchev–Trinajstić information content (AvgIpc) is 2.40. The standard InChI is InChI=1S/C13H16FNO3/c14-11-4-2-10(3-5-11)13(16)15-7-6-12-17-8-1-9-18-12/h2-5,12H,1,6-9H2,(H,15,16). The number of carbonyl (C=O) groups is 1. The predicted molar refractivity (Wildman–Crippen MR) is 63.7 cm³/mol. The molecule has 1 aromatic carbocycles. The lowest BCUT2D eigenvalue weighted by molar-refractivity contribution is -0.180. The second-order valence-corrected chi connectivity index (χ2v) is 4.08. The molecule has 0 saturated carbocycles. The van der Waals surface area contributed by atoms with Gasteiger partial charge in [0.15, 0.2) is 6.29 Å². The first-order valence-electron chi connectivity index (χ1n) is 6.03. The fourth-order valence-electron chi connectivity index (χ4n) is 1.71. The zero-order valence-electron chi connectivity index (χ0n) is 10.0. The molecule has 2 rings (SSSR count). The molecule has 0 spiro atoms. The van der Waals surface area contributed by atoms with Crippen LogP contribution in [0.5, 0.6) is 0 Å². The molecule has 1 amide bonds. The van der Waals surface area contributed by atoms with Crippen molar-refractivity contribution in [1.82, 2.24) is 5.32 Å². The van der Waals surface area contributed by atoms with Crippen LogP contribution in [0.2, 0.25) is 0 Å². The monoisotopic (exact) mass is 253 g/mol. The van der Waals surface area contributed by atoms with Crippen molar-refractivity contribution >= 4 is 5.91 Å². The average molecular weight is 253 g/mol. The number of carbonyl (C=O) groups excluding carboxylic acids is 1. The van der Waals surface area contributed by atoms with Gasteiger partial charge < -0.3 is 14.8 Å². The van der Waals surface area contributed by atoms with Gasteiger partial charge in [-0.2, -0.15) is 0 Å². The van der Waals surface area contributed by atoms with Gasteiger partial charge in [-0.3, -0.25) is 4.79 Å². The van der Waals surface area contributed by atoms with E-state index in [2.05, 4.69) is 5.32 Å². The number of ether oxygens (including phenoxy) is 2. The molecule has 0 radical (unpaired) electrons. The van der Waals surface area contributed by atoms with Crippen molar-refractivity contribution in [3.05, 3.63) is 35.6 Å². The maximum Gasteiger partial charge on any atom is 0.251 e. The third-order valence-electron chi connectivity index (χ3n) is 2.67. The van der Waals surface area contributed by atoms with Crippen LogP contribution in [-0.2, 0) is 9.47 Å². The van der Waals surface area contributed by atoms with Crippen molar-refractivity contribution in [2.45, 2.75) is 19.1 Å². The van der Waals surface area contributed by atoms with Gasteiger partial charge in [-0.1, -0.05) is 0 Å². The summed E-state index contributed by atoms with van der Waals surface area (Å²) in [5, 5.41) is 2.74. The summed E-state index contributed by atoms with van der Waals surface area (Å²) < 4.78 is 23.4. The van der Waals surface area contributed by atoms with Crippen LogP contribution in [0.1, 0.15) is 23.2 Å². The van der Waals surface area contributed by atoms with Crippen LogP contribution < -0.4 is 5.32 Å². The third kappa shape index (κ3) is 3.78. The van der Waals surface area contributed by atoms with E-state index in [1.54, 1.807) is 0 Å². The van der Waals surface area contributed by atoms with Gasteiger partial charge in [0.1, 0.15) is 5.82 Å². The Kier molecular flexibility index (Phi) is 4.66. The molecule has 0 bridgehead atoms. The van der Waals surface area contributed by atoms with Gasteiger partial charge in [-0.05, 0) is 30.7 Å². The van der Waals surface area contributed by atoms with Crippen LogP contribution in [0.15, 0.2) is 24.3 Å². The molecule has 1 saturated heterocycles. The molecule has 0 atom stereocenters. The highest BCUT2D eigenvalue weighted by molar-refractivity contribution is 5.94. The maximum absolute atomic E-state index is 12.7. The van der Waals surface area contributed by atoms with Crippen molar-refractivity contribution in [1.29, 1.82) is 0 Å². The van der Waals surface area contributed by atoms with Crippen molar-refractivity contribution in [2.75, 3.05) is 19.8 Å². The Morgan fingerprint density at radius 2 is 1.94 bits per heavy atom. The number of amides is 1. The van der Waals surface area contributed by atoms with E-state index in [0.717, 1.165) is 6.42 Å². The van der Waals surface area contributed by atoms with Gasteiger partial charge in [0.05, 0.1) is 13.2 Å². The first kappa shape index (κ1) is 13.0. The minimum atomic E-state index is -0.351. The van der Waals surface area contributed by atoms with Gasteiger partial charge in [0.2, 0.25) is 0 Å². The van der Waals surface area contributed by atoms with Crippen LogP contribution in [0, 0.1) is 5.82 Å². The molecule has 18 heavy (non-hydrogen) atoms. The van der Waals surface area contributed by atoms with Crippen LogP contribution >= 0.6 is 0 Å². The topological polar surface area (TPSA) is 47.6 Å². The Balaban J connectivity index is 1.72. The molecule has 1 N–H and O–H groups in total. The van der Waals surface area contributed by atoms with E-state index >= 15 is 0 Å². The zero-order chi connectivity index (χ0) is 12.8. The highest BCUT2D eigenvalue weighted by atomic mass is 19.1. The zero-order valence-corrected chi connectivity index (χ0v) is 10.0. The van der Waals surface area contributed by atoms with E-state index in [1.165, 1.54) is 24.3 Å². The van der Waals surface area contributed by atoms with E-state index in [1.807, 2.05) is 0 Å². The summed E-state index contributed by atoms with van der Waals surface area (Å²) in [6.07, 6.45) is 1.30. The summed E-state index contributed by atoms with van der Waals surface area (Å²) in [5.41, 5.74) is 0.446. The van der Waals surface area contributed by atoms with E-state index in [0.29, 0.717) is 31.7 Å². The fraction of sp³-hybridized carbons (Fsp3) is 0.462. The lowest BCUT2D eigenvalue weighted by atomic mass is 10.2. The summed E-state index contributed by atoms with van der Waals surface area (Å²) in [4.78, 5) is 11.7. The van der Waals surface area contributed by atoms with E-state index in [-0.39, 0.29) is 18.0 Å². The Bertz CT molecular complexity index is 388. The quantitative estimate of drug-likeness (QED) is 0.888. The van der Waals surface area contributed by atoms with Crippen molar-refractivity contribution < 1.29 is 18.7 Å². The second-order valence-electron chi connectivity index (χ2n) is 4.08. The van der Waals surface area contributed by atoms with E-state index < -0.39 is 0 Å². The molecule has 1 aromatic rings. The van der Waals surface area contributed by atoms with Crippen LogP contribution in [0.25, 0.3) is 0 Å². The molecule has 1 fully saturated rings. The summed E-state index contributed by atoms with van der Waals surface area (Å²) in [6.45, 7) is 1.88. The molecule has 0 aliphatic carbocycles. The predicted octanol–water partition coefficient (Wildman–Crippen LogP) is 1.71. The van der Waals surface area contributed by atoms with E-state index in [9.17, 15) is 9.18 Å². The van der Waals surface area contributed by atoms with E-state index in [4.69, 9.17) is 9.47 Å². The molecule has 4 nitrogen and oxygen atoms in total. The first-order chi connectivity index (χ1) is 8.75. The van der Waals surface area contributed by atoms with Gasteiger partial charge in [-0.25, -0.2) is 4.39 Å². The summed E-state index contributed by atoms with van der Waals surface area (Å²) in [6, 6.07) is 5.45. The summed E-state index contributed by atoms with van der Waals surface area (Å²) >= 11 is 0. The van der Waals surface area contributed by atoms with Crippen molar-refractivity contribution in [3.63, 3.8) is 0 Å². The number of halogens is 1. The molecular weight excluding hydrogens is 237 g/mol. The Morgan fingerprint density at radius 1 is 1.28 bits per heavy atom. The number of benzene rings is 1. The number of hydrogen-bond acceptors (Lipinski definition) is 3. The Hall–Kier alpha value is -1.46. The first-order valence-corrected chi connectivity index (χ1v) is 6.03. The molecule has 1 heterocycles. The summed E-state index contributed by atoms with van der Waals surface area (Å²) in [7, 11) is 0. The van der Waals surface area contributed by atoms with Gasteiger partial charge in [0, 0.05) is 18.5 Å². The normalized spacial score (nSPS) is 16.5. The largest absolute Gasteiger partial charge is 0.353 e. The molecule has 1 aliphatic rings. The molecule has 1 aliphatic heterocycles. The summed E-state index contributed by atoms with van der Waals surface area (Å²) in [5.74, 6) is -0.568. The maximum atomic E-state index is 12.7. The number of hydrogen-bond donors (Lipinski definition) is 1. The molecule has 98 valence electrons. The Morgan fingerprint density at radius 3 is 2.61 bits per heavy atom. The van der Waals surface area contributed by atoms with Gasteiger partial charge in [-0.15, -0.1) is 0 Å². The highest BCUT2D eigenvalue weighted by Crippen LogP contribution is 2.08. The minimum Gasteiger partial charge on any atom is -0.353 e. The van der Waals surface area contributed by atoms with Crippen molar-refractivity contribution in [2.24, 2.45) is 0 Å². The molecule has 0 aromatic heterocycles. The molecule has 0 unspecified atom stereocenters. The smallest absolute Gasteiger partial charge is 0.251 e. The SMILES string of the molecule is O=C(NCCC1OCCCO1)c1ccc(F)cc1. The number of nitrogens with one attached hydrogen (secondary N) is 1. The second kappa shape index (κ2) is 6.47. The van der Waals surface area contributed by atoms with Crippen LogP contribution in [-0.4, -0.2) is 32.0 Å². The molecule has 5 heteroatoms. The fourth-order valence-corrected chi connectivity index (χ4v) is 1.71. The van der Waals surface area contributed by atoms with Crippen molar-refractivity contribution in [3.8, 4) is 0 Å².